The maximum absolute atomic E-state index is 6.24. The minimum Gasteiger partial charge on any atom is -0.363 e. The molecule has 0 saturated heterocycles. The molecule has 76 valence electrons. The van der Waals surface area contributed by atoms with Crippen molar-refractivity contribution in [2.45, 2.75) is 12.4 Å². The fourth-order valence-corrected chi connectivity index (χ4v) is 2.30. The zero-order valence-corrected chi connectivity index (χ0v) is 9.12. The van der Waals surface area contributed by atoms with Gasteiger partial charge in [0.25, 0.3) is 0 Å². The van der Waals surface area contributed by atoms with Crippen molar-refractivity contribution in [2.24, 2.45) is 0 Å². The Morgan fingerprint density at radius 3 is 3.07 bits per heavy atom. The molecule has 2 nitrogen and oxygen atoms in total. The Labute approximate surface area is 93.5 Å². The van der Waals surface area contributed by atoms with Gasteiger partial charge in [-0.1, -0.05) is 17.7 Å². The zero-order chi connectivity index (χ0) is 10.4. The second-order valence-electron chi connectivity index (χ2n) is 3.83. The molecule has 1 N–H and O–H groups in total. The summed E-state index contributed by atoms with van der Waals surface area (Å²) in [6, 6.07) is 10.4. The predicted octanol–water partition coefficient (Wildman–Crippen LogP) is 3.45. The Bertz CT molecular complexity index is 516. The van der Waals surface area contributed by atoms with Crippen LogP contribution in [0.25, 0.3) is 5.69 Å². The van der Waals surface area contributed by atoms with Crippen LogP contribution in [-0.2, 0) is 0 Å². The van der Waals surface area contributed by atoms with Gasteiger partial charge in [-0.05, 0) is 36.8 Å². The van der Waals surface area contributed by atoms with E-state index in [-0.39, 0.29) is 5.50 Å². The minimum atomic E-state index is -0.144. The quantitative estimate of drug-likeness (QED) is 0.530. The highest BCUT2D eigenvalue weighted by Crippen LogP contribution is 2.35. The van der Waals surface area contributed by atoms with Gasteiger partial charge in [0.05, 0.1) is 17.1 Å². The van der Waals surface area contributed by atoms with Crippen LogP contribution in [0.2, 0.25) is 0 Å². The number of aryl methyl sites for hydroxylation is 1. The maximum atomic E-state index is 6.24. The first-order chi connectivity index (χ1) is 7.25. The lowest BCUT2D eigenvalue weighted by Gasteiger charge is -2.25. The van der Waals surface area contributed by atoms with E-state index in [1.807, 2.05) is 18.3 Å². The van der Waals surface area contributed by atoms with E-state index in [2.05, 4.69) is 35.0 Å². The van der Waals surface area contributed by atoms with Crippen LogP contribution in [0.1, 0.15) is 16.8 Å². The van der Waals surface area contributed by atoms with Crippen LogP contribution in [0.5, 0.6) is 0 Å². The molecular weight excluding hydrogens is 208 g/mol. The van der Waals surface area contributed by atoms with E-state index in [0.717, 1.165) is 17.1 Å². The predicted molar refractivity (Wildman–Crippen MR) is 62.7 cm³/mol. The number of hydrogen-bond donors (Lipinski definition) is 1. The molecule has 3 heteroatoms. The van der Waals surface area contributed by atoms with Gasteiger partial charge >= 0.3 is 0 Å². The van der Waals surface area contributed by atoms with Crippen molar-refractivity contribution in [1.82, 2.24) is 4.57 Å². The monoisotopic (exact) mass is 218 g/mol. The lowest BCUT2D eigenvalue weighted by molar-refractivity contribution is 0.885. The van der Waals surface area contributed by atoms with E-state index in [0.29, 0.717) is 0 Å². The summed E-state index contributed by atoms with van der Waals surface area (Å²) in [6.07, 6.45) is 2.04. The van der Waals surface area contributed by atoms with Crippen molar-refractivity contribution in [1.29, 1.82) is 0 Å². The van der Waals surface area contributed by atoms with Crippen molar-refractivity contribution in [3.63, 3.8) is 0 Å². The second kappa shape index (κ2) is 3.04. The fourth-order valence-electron chi connectivity index (χ4n) is 2.01. The molecule has 0 aliphatic carbocycles. The van der Waals surface area contributed by atoms with Gasteiger partial charge in [0, 0.05) is 6.20 Å². The molecule has 0 saturated carbocycles. The Balaban J connectivity index is 2.27. The number of aromatic nitrogens is 1. The standard InChI is InChI=1S/C12H11ClN2/c1-8-4-5-10-9(7-8)14-12(13)11-3-2-6-15(10)11/h2-7,12,14H,1H3. The molecule has 1 unspecified atom stereocenters. The van der Waals surface area contributed by atoms with E-state index in [1.54, 1.807) is 0 Å². The third-order valence-electron chi connectivity index (χ3n) is 2.73. The molecule has 0 bridgehead atoms. The molecule has 1 atom stereocenters. The SMILES string of the molecule is Cc1ccc2c(c1)NC(Cl)c1cccn1-2. The first kappa shape index (κ1) is 8.86. The molecule has 0 fully saturated rings. The molecule has 1 aromatic carbocycles. The third kappa shape index (κ3) is 1.25. The largest absolute Gasteiger partial charge is 0.363 e. The van der Waals surface area contributed by atoms with Crippen LogP contribution in [0, 0.1) is 6.92 Å². The van der Waals surface area contributed by atoms with Gasteiger partial charge in [-0.25, -0.2) is 0 Å². The average Bonchev–Trinajstić information content (AvgIpc) is 2.66. The molecular formula is C12H11ClN2. The molecule has 1 aliphatic rings. The summed E-state index contributed by atoms with van der Waals surface area (Å²) < 4.78 is 2.13. The molecule has 2 heterocycles. The summed E-state index contributed by atoms with van der Waals surface area (Å²) in [5.41, 5.74) is 4.44. The number of hydrogen-bond acceptors (Lipinski definition) is 1. The topological polar surface area (TPSA) is 17.0 Å². The third-order valence-corrected chi connectivity index (χ3v) is 3.07. The van der Waals surface area contributed by atoms with Gasteiger partial charge in [0.15, 0.2) is 0 Å². The van der Waals surface area contributed by atoms with Crippen molar-refractivity contribution >= 4 is 17.3 Å². The molecule has 15 heavy (non-hydrogen) atoms. The Morgan fingerprint density at radius 1 is 1.33 bits per heavy atom. The number of benzene rings is 1. The normalized spacial score (nSPS) is 17.9. The van der Waals surface area contributed by atoms with E-state index in [1.165, 1.54) is 5.56 Å². The van der Waals surface area contributed by atoms with Crippen LogP contribution >= 0.6 is 11.6 Å². The highest BCUT2D eigenvalue weighted by molar-refractivity contribution is 6.22. The molecule has 1 aliphatic heterocycles. The summed E-state index contributed by atoms with van der Waals surface area (Å²) in [6.45, 7) is 2.08. The van der Waals surface area contributed by atoms with Gasteiger partial charge in [-0.2, -0.15) is 0 Å². The van der Waals surface area contributed by atoms with Gasteiger partial charge in [0.2, 0.25) is 0 Å². The van der Waals surface area contributed by atoms with Gasteiger partial charge in [0.1, 0.15) is 5.50 Å². The average molecular weight is 219 g/mol. The van der Waals surface area contributed by atoms with E-state index in [9.17, 15) is 0 Å². The maximum Gasteiger partial charge on any atom is 0.143 e. The fraction of sp³-hybridized carbons (Fsp3) is 0.167. The van der Waals surface area contributed by atoms with Crippen LogP contribution in [-0.4, -0.2) is 4.57 Å². The van der Waals surface area contributed by atoms with Crippen LogP contribution in [0.4, 0.5) is 5.69 Å². The Kier molecular flexibility index (Phi) is 1.80. The first-order valence-corrected chi connectivity index (χ1v) is 5.38. The minimum absolute atomic E-state index is 0.144. The summed E-state index contributed by atoms with van der Waals surface area (Å²) in [5.74, 6) is 0. The van der Waals surface area contributed by atoms with E-state index < -0.39 is 0 Å². The van der Waals surface area contributed by atoms with Gasteiger partial charge in [-0.15, -0.1) is 0 Å². The highest BCUT2D eigenvalue weighted by Gasteiger charge is 2.21. The summed E-state index contributed by atoms with van der Waals surface area (Å²) in [7, 11) is 0. The first-order valence-electron chi connectivity index (χ1n) is 4.94. The van der Waals surface area contributed by atoms with Crippen LogP contribution in [0.15, 0.2) is 36.5 Å². The Hall–Kier alpha value is -1.41. The summed E-state index contributed by atoms with van der Waals surface area (Å²) in [4.78, 5) is 0. The lowest BCUT2D eigenvalue weighted by Crippen LogP contribution is -2.16. The molecule has 2 aromatic rings. The molecule has 1 aromatic heterocycles. The van der Waals surface area contributed by atoms with Crippen molar-refractivity contribution in [3.05, 3.63) is 47.8 Å². The van der Waals surface area contributed by atoms with Gasteiger partial charge in [-0.3, -0.25) is 0 Å². The van der Waals surface area contributed by atoms with Crippen molar-refractivity contribution < 1.29 is 0 Å². The highest BCUT2D eigenvalue weighted by atomic mass is 35.5. The van der Waals surface area contributed by atoms with Crippen molar-refractivity contribution in [3.8, 4) is 5.69 Å². The molecule has 0 amide bonds. The molecule has 0 spiro atoms. The van der Waals surface area contributed by atoms with E-state index >= 15 is 0 Å². The van der Waals surface area contributed by atoms with Crippen molar-refractivity contribution in [2.75, 3.05) is 5.32 Å². The summed E-state index contributed by atoms with van der Waals surface area (Å²) in [5, 5.41) is 3.29. The molecule has 0 radical (unpaired) electrons. The smallest absolute Gasteiger partial charge is 0.143 e. The molecule has 3 rings (SSSR count). The lowest BCUT2D eigenvalue weighted by atomic mass is 10.1. The number of halogens is 1. The summed E-state index contributed by atoms with van der Waals surface area (Å²) >= 11 is 6.24. The Morgan fingerprint density at radius 2 is 2.20 bits per heavy atom. The number of fused-ring (bicyclic) bond motifs is 3. The second-order valence-corrected chi connectivity index (χ2v) is 4.27. The van der Waals surface area contributed by atoms with Crippen LogP contribution in [0.3, 0.4) is 0 Å². The number of nitrogens with one attached hydrogen (secondary N) is 1. The number of rotatable bonds is 0. The number of alkyl halides is 1. The van der Waals surface area contributed by atoms with E-state index in [4.69, 9.17) is 11.6 Å². The van der Waals surface area contributed by atoms with Gasteiger partial charge < -0.3 is 9.88 Å². The number of nitrogens with zero attached hydrogens (tertiary/aromatic N) is 1. The number of anilines is 1. The van der Waals surface area contributed by atoms with Crippen LogP contribution < -0.4 is 5.32 Å². The zero-order valence-electron chi connectivity index (χ0n) is 8.37.